The summed E-state index contributed by atoms with van der Waals surface area (Å²) >= 11 is 1.59. The summed E-state index contributed by atoms with van der Waals surface area (Å²) in [4.78, 5) is 19.9. The first-order chi connectivity index (χ1) is 11.3. The highest BCUT2D eigenvalue weighted by Gasteiger charge is 2.37. The third-order valence-electron chi connectivity index (χ3n) is 4.40. The monoisotopic (exact) mass is 348 g/mol. The molecule has 3 rings (SSSR count). The van der Waals surface area contributed by atoms with E-state index in [0.717, 1.165) is 9.75 Å². The fraction of sp³-hybridized carbons (Fsp3) is 0.412. The summed E-state index contributed by atoms with van der Waals surface area (Å²) in [6.07, 6.45) is -0.612. The number of aliphatic hydroxyl groups is 2. The molecule has 3 N–H and O–H groups in total. The van der Waals surface area contributed by atoms with Crippen molar-refractivity contribution in [2.45, 2.75) is 32.0 Å². The maximum atomic E-state index is 11.5. The predicted molar refractivity (Wildman–Crippen MR) is 92.7 cm³/mol. The smallest absolute Gasteiger partial charge is 0.339 e. The van der Waals surface area contributed by atoms with Crippen molar-refractivity contribution >= 4 is 23.1 Å². The molecule has 2 aromatic rings. The third-order valence-corrected chi connectivity index (χ3v) is 5.42. The molecule has 24 heavy (non-hydrogen) atoms. The highest BCUT2D eigenvalue weighted by atomic mass is 32.1. The van der Waals surface area contributed by atoms with E-state index in [-0.39, 0.29) is 12.1 Å². The van der Waals surface area contributed by atoms with Gasteiger partial charge in [0.05, 0.1) is 22.3 Å². The summed E-state index contributed by atoms with van der Waals surface area (Å²) in [6.45, 7) is 4.17. The summed E-state index contributed by atoms with van der Waals surface area (Å²) in [6, 6.07) is 7.21. The number of carboxylic acids is 1. The zero-order chi connectivity index (χ0) is 17.5. The maximum Gasteiger partial charge on any atom is 0.339 e. The van der Waals surface area contributed by atoms with Crippen molar-refractivity contribution in [2.24, 2.45) is 0 Å². The van der Waals surface area contributed by atoms with Crippen LogP contribution in [0.2, 0.25) is 0 Å². The van der Waals surface area contributed by atoms with Gasteiger partial charge in [0.25, 0.3) is 0 Å². The summed E-state index contributed by atoms with van der Waals surface area (Å²) in [5.41, 5.74) is -0.358. The number of hydrogen-bond acceptors (Lipinski definition) is 6. The second-order valence-corrected chi connectivity index (χ2v) is 7.64. The first-order valence-corrected chi connectivity index (χ1v) is 8.56. The first-order valence-electron chi connectivity index (χ1n) is 7.74. The molecular formula is C17H20N2O4S. The molecule has 2 aromatic heterocycles. The molecule has 1 saturated heterocycles. The fourth-order valence-electron chi connectivity index (χ4n) is 2.78. The lowest BCUT2D eigenvalue weighted by Crippen LogP contribution is -2.54. The lowest BCUT2D eigenvalue weighted by Gasteiger charge is -2.40. The number of carboxylic acid groups (broad SMARTS) is 1. The Hall–Kier alpha value is -1.96. The van der Waals surface area contributed by atoms with Gasteiger partial charge in [0.1, 0.15) is 11.4 Å². The van der Waals surface area contributed by atoms with Crippen molar-refractivity contribution in [1.82, 2.24) is 4.98 Å². The number of anilines is 1. The molecule has 0 bridgehead atoms. The van der Waals surface area contributed by atoms with E-state index in [0.29, 0.717) is 24.5 Å². The van der Waals surface area contributed by atoms with Gasteiger partial charge < -0.3 is 20.2 Å². The van der Waals surface area contributed by atoms with Crippen LogP contribution in [0.1, 0.15) is 28.6 Å². The molecule has 3 heterocycles. The van der Waals surface area contributed by atoms with Gasteiger partial charge in [-0.2, -0.15) is 0 Å². The van der Waals surface area contributed by atoms with E-state index < -0.39 is 17.7 Å². The van der Waals surface area contributed by atoms with Crippen molar-refractivity contribution in [3.8, 4) is 10.6 Å². The van der Waals surface area contributed by atoms with Crippen LogP contribution in [0.3, 0.4) is 0 Å². The maximum absolute atomic E-state index is 11.5. The molecule has 1 aliphatic heterocycles. The van der Waals surface area contributed by atoms with Crippen molar-refractivity contribution in [3.63, 3.8) is 0 Å². The quantitative estimate of drug-likeness (QED) is 0.787. The third kappa shape index (κ3) is 3.15. The molecule has 128 valence electrons. The number of hydrogen-bond donors (Lipinski definition) is 3. The van der Waals surface area contributed by atoms with Crippen LogP contribution >= 0.6 is 11.3 Å². The number of piperidine rings is 1. The minimum absolute atomic E-state index is 0.0979. The molecular weight excluding hydrogens is 328 g/mol. The van der Waals surface area contributed by atoms with Gasteiger partial charge in [-0.05, 0) is 44.5 Å². The molecule has 0 aliphatic carbocycles. The molecule has 0 aromatic carbocycles. The van der Waals surface area contributed by atoms with Crippen molar-refractivity contribution < 1.29 is 20.1 Å². The largest absolute Gasteiger partial charge is 0.478 e. The predicted octanol–water partition coefficient (Wildman–Crippen LogP) is 2.14. The minimum atomic E-state index is -1.16. The van der Waals surface area contributed by atoms with Crippen molar-refractivity contribution in [1.29, 1.82) is 0 Å². The number of nitrogens with zero attached hydrogens (tertiary/aromatic N) is 2. The molecule has 0 saturated carbocycles. The number of pyridine rings is 1. The zero-order valence-corrected chi connectivity index (χ0v) is 14.4. The van der Waals surface area contributed by atoms with Gasteiger partial charge in [0.2, 0.25) is 0 Å². The van der Waals surface area contributed by atoms with Gasteiger partial charge in [-0.3, -0.25) is 0 Å². The van der Waals surface area contributed by atoms with E-state index in [4.69, 9.17) is 0 Å². The topological polar surface area (TPSA) is 93.9 Å². The first kappa shape index (κ1) is 16.9. The van der Waals surface area contributed by atoms with Crippen LogP contribution < -0.4 is 4.90 Å². The number of aromatic carboxylic acids is 1. The van der Waals surface area contributed by atoms with E-state index in [1.54, 1.807) is 35.3 Å². The molecule has 0 amide bonds. The van der Waals surface area contributed by atoms with Gasteiger partial charge in [-0.15, -0.1) is 11.3 Å². The number of carbonyl (C=O) groups is 1. The van der Waals surface area contributed by atoms with Crippen LogP contribution in [0.15, 0.2) is 24.3 Å². The fourth-order valence-corrected chi connectivity index (χ4v) is 3.62. The Morgan fingerprint density at radius 1 is 1.38 bits per heavy atom. The summed E-state index contributed by atoms with van der Waals surface area (Å²) in [5.74, 6) is -0.723. The van der Waals surface area contributed by atoms with E-state index in [1.807, 2.05) is 19.1 Å². The summed E-state index contributed by atoms with van der Waals surface area (Å²) in [7, 11) is 0. The van der Waals surface area contributed by atoms with Crippen molar-refractivity contribution in [3.05, 3.63) is 34.7 Å². The zero-order valence-electron chi connectivity index (χ0n) is 13.6. The number of β-amino-alcohol motifs (C(OH)–C–C–N with tert-alkyl or cyclic N) is 1. The van der Waals surface area contributed by atoms with Crippen LogP contribution in [0.4, 0.5) is 5.82 Å². The second-order valence-electron chi connectivity index (χ2n) is 6.35. The highest BCUT2D eigenvalue weighted by Crippen LogP contribution is 2.32. The number of aryl methyl sites for hydroxylation is 1. The Morgan fingerprint density at radius 3 is 2.71 bits per heavy atom. The Labute approximate surface area is 144 Å². The average Bonchev–Trinajstić information content (AvgIpc) is 2.96. The van der Waals surface area contributed by atoms with Crippen molar-refractivity contribution in [2.75, 3.05) is 18.0 Å². The average molecular weight is 348 g/mol. The molecule has 7 heteroatoms. The van der Waals surface area contributed by atoms with E-state index in [2.05, 4.69) is 4.98 Å². The molecule has 1 fully saturated rings. The second kappa shape index (κ2) is 6.16. The summed E-state index contributed by atoms with van der Waals surface area (Å²) < 4.78 is 0. The van der Waals surface area contributed by atoms with Crippen LogP contribution in [0, 0.1) is 6.92 Å². The normalized spacial score (nSPS) is 24.2. The van der Waals surface area contributed by atoms with Gasteiger partial charge >= 0.3 is 5.97 Å². The van der Waals surface area contributed by atoms with Crippen LogP contribution in [0.5, 0.6) is 0 Å². The Bertz CT molecular complexity index is 772. The lowest BCUT2D eigenvalue weighted by molar-refractivity contribution is -0.0722. The van der Waals surface area contributed by atoms with Gasteiger partial charge in [0.15, 0.2) is 0 Å². The molecule has 0 unspecified atom stereocenters. The number of aromatic nitrogens is 1. The number of aliphatic hydroxyl groups excluding tert-OH is 1. The number of rotatable bonds is 3. The van der Waals surface area contributed by atoms with Crippen LogP contribution in [-0.2, 0) is 0 Å². The SMILES string of the molecule is Cc1ccc(-c2ccc(C(=O)O)c(N3CC[C@@](C)(O)[C@H](O)C3)n2)s1. The van der Waals surface area contributed by atoms with Gasteiger partial charge in [0, 0.05) is 18.0 Å². The van der Waals surface area contributed by atoms with Crippen LogP contribution in [0.25, 0.3) is 10.6 Å². The van der Waals surface area contributed by atoms with Crippen LogP contribution in [-0.4, -0.2) is 51.1 Å². The molecule has 0 spiro atoms. The van der Waals surface area contributed by atoms with Gasteiger partial charge in [-0.1, -0.05) is 0 Å². The highest BCUT2D eigenvalue weighted by molar-refractivity contribution is 7.15. The molecule has 1 aliphatic rings. The number of thiophene rings is 1. The minimum Gasteiger partial charge on any atom is -0.478 e. The van der Waals surface area contributed by atoms with E-state index in [1.165, 1.54) is 0 Å². The Kier molecular flexibility index (Phi) is 4.33. The van der Waals surface area contributed by atoms with Gasteiger partial charge in [-0.25, -0.2) is 9.78 Å². The van der Waals surface area contributed by atoms with E-state index in [9.17, 15) is 20.1 Å². The molecule has 6 nitrogen and oxygen atoms in total. The lowest BCUT2D eigenvalue weighted by atomic mass is 9.90. The van der Waals surface area contributed by atoms with E-state index >= 15 is 0 Å². The molecule has 0 radical (unpaired) electrons. The standard InChI is InChI=1S/C17H20N2O4S/c1-10-3-6-13(24-10)12-5-4-11(16(21)22)15(18-12)19-8-7-17(2,23)14(20)9-19/h3-6,14,20,23H,7-9H2,1-2H3,(H,21,22)/t14-,17-/m1/s1. The Morgan fingerprint density at radius 2 is 2.12 bits per heavy atom. The summed E-state index contributed by atoms with van der Waals surface area (Å²) in [5, 5.41) is 29.7. The Balaban J connectivity index is 2.00. The molecule has 2 atom stereocenters.